The van der Waals surface area contributed by atoms with Crippen LogP contribution in [0.25, 0.3) is 0 Å². The van der Waals surface area contributed by atoms with E-state index < -0.39 is 34.4 Å². The lowest BCUT2D eigenvalue weighted by Gasteiger charge is -2.23. The van der Waals surface area contributed by atoms with E-state index >= 15 is 0 Å². The lowest BCUT2D eigenvalue weighted by atomic mass is 10.0. The molecular formula is C20H20F2N4O4. The highest BCUT2D eigenvalue weighted by molar-refractivity contribution is 6.02. The van der Waals surface area contributed by atoms with Gasteiger partial charge in [-0.3, -0.25) is 19.7 Å². The standard InChI is InChI=1S/C20H20F2N4O4/c1-23-20(28)18(12-4-6-15(21)16(22)10-12)24-19(27)14-11-13(26(29)30)5-7-17(14)25-8-2-3-9-25/h4-7,10-11,18H,2-3,8-9H2,1H3,(H,23,28)(H,24,27). The van der Waals surface area contributed by atoms with E-state index in [4.69, 9.17) is 0 Å². The van der Waals surface area contributed by atoms with Crippen molar-refractivity contribution in [2.24, 2.45) is 0 Å². The average Bonchev–Trinajstić information content (AvgIpc) is 3.27. The second-order valence-electron chi connectivity index (χ2n) is 6.85. The number of amides is 2. The minimum atomic E-state index is -1.32. The number of carbonyl (C=O) groups excluding carboxylic acids is 2. The van der Waals surface area contributed by atoms with E-state index in [1.165, 1.54) is 25.2 Å². The molecule has 1 aliphatic heterocycles. The third kappa shape index (κ3) is 4.37. The van der Waals surface area contributed by atoms with Crippen molar-refractivity contribution in [3.8, 4) is 0 Å². The molecule has 0 bridgehead atoms. The van der Waals surface area contributed by atoms with Crippen molar-refractivity contribution in [1.29, 1.82) is 0 Å². The third-order valence-electron chi connectivity index (χ3n) is 4.94. The molecule has 0 spiro atoms. The fourth-order valence-corrected chi connectivity index (χ4v) is 3.40. The molecule has 2 N–H and O–H groups in total. The van der Waals surface area contributed by atoms with Crippen LogP contribution in [0, 0.1) is 21.7 Å². The molecule has 3 rings (SSSR count). The Bertz CT molecular complexity index is 993. The maximum atomic E-state index is 13.7. The second kappa shape index (κ2) is 8.85. The van der Waals surface area contributed by atoms with Crippen molar-refractivity contribution in [1.82, 2.24) is 10.6 Å². The Morgan fingerprint density at radius 1 is 1.10 bits per heavy atom. The maximum Gasteiger partial charge on any atom is 0.270 e. The molecule has 1 fully saturated rings. The molecule has 2 amide bonds. The molecule has 0 aromatic heterocycles. The first-order valence-electron chi connectivity index (χ1n) is 9.32. The number of nitrogens with zero attached hydrogens (tertiary/aromatic N) is 2. The quantitative estimate of drug-likeness (QED) is 0.554. The van der Waals surface area contributed by atoms with Crippen molar-refractivity contribution in [3.05, 3.63) is 69.3 Å². The zero-order valence-corrected chi connectivity index (χ0v) is 16.2. The molecule has 0 aliphatic carbocycles. The van der Waals surface area contributed by atoms with Crippen molar-refractivity contribution < 1.29 is 23.3 Å². The van der Waals surface area contributed by atoms with Gasteiger partial charge < -0.3 is 15.5 Å². The van der Waals surface area contributed by atoms with E-state index in [1.54, 1.807) is 0 Å². The number of hydrogen-bond acceptors (Lipinski definition) is 5. The minimum Gasteiger partial charge on any atom is -0.371 e. The maximum absolute atomic E-state index is 13.7. The van der Waals surface area contributed by atoms with Gasteiger partial charge in [0.05, 0.1) is 16.2 Å². The molecular weight excluding hydrogens is 398 g/mol. The Labute approximate surface area is 171 Å². The molecule has 1 saturated heterocycles. The van der Waals surface area contributed by atoms with Crippen molar-refractivity contribution >= 4 is 23.2 Å². The Balaban J connectivity index is 1.98. The Hall–Kier alpha value is -3.56. The first-order valence-corrected chi connectivity index (χ1v) is 9.32. The topological polar surface area (TPSA) is 105 Å². The second-order valence-corrected chi connectivity index (χ2v) is 6.85. The van der Waals surface area contributed by atoms with Gasteiger partial charge in [-0.15, -0.1) is 0 Å². The number of non-ortho nitro benzene ring substituents is 1. The summed E-state index contributed by atoms with van der Waals surface area (Å²) in [6, 6.07) is 5.52. The number of nitro groups is 1. The van der Waals surface area contributed by atoms with Crippen LogP contribution in [0.15, 0.2) is 36.4 Å². The molecule has 2 aromatic rings. The molecule has 10 heteroatoms. The van der Waals surface area contributed by atoms with E-state index in [2.05, 4.69) is 10.6 Å². The zero-order valence-electron chi connectivity index (χ0n) is 16.2. The van der Waals surface area contributed by atoms with Crippen LogP contribution in [-0.2, 0) is 4.79 Å². The van der Waals surface area contributed by atoms with Gasteiger partial charge in [0.15, 0.2) is 11.6 Å². The smallest absolute Gasteiger partial charge is 0.270 e. The summed E-state index contributed by atoms with van der Waals surface area (Å²) in [5, 5.41) is 16.0. The van der Waals surface area contributed by atoms with Gasteiger partial charge in [0.1, 0.15) is 6.04 Å². The summed E-state index contributed by atoms with van der Waals surface area (Å²) in [5.74, 6) is -3.64. The summed E-state index contributed by atoms with van der Waals surface area (Å²) in [5.41, 5.74) is 0.307. The summed E-state index contributed by atoms with van der Waals surface area (Å²) in [4.78, 5) is 37.9. The molecule has 30 heavy (non-hydrogen) atoms. The van der Waals surface area contributed by atoms with Crippen LogP contribution >= 0.6 is 0 Å². The minimum absolute atomic E-state index is 0.0302. The van der Waals surface area contributed by atoms with Crippen LogP contribution in [0.1, 0.15) is 34.8 Å². The molecule has 2 aromatic carbocycles. The van der Waals surface area contributed by atoms with E-state index in [9.17, 15) is 28.5 Å². The van der Waals surface area contributed by atoms with Gasteiger partial charge >= 0.3 is 0 Å². The third-order valence-corrected chi connectivity index (χ3v) is 4.94. The van der Waals surface area contributed by atoms with Crippen LogP contribution in [0.3, 0.4) is 0 Å². The van der Waals surface area contributed by atoms with Crippen LogP contribution in [0.2, 0.25) is 0 Å². The first kappa shape index (κ1) is 21.2. The predicted molar refractivity (Wildman–Crippen MR) is 105 cm³/mol. The summed E-state index contributed by atoms with van der Waals surface area (Å²) in [7, 11) is 1.34. The molecule has 1 aliphatic rings. The van der Waals surface area contributed by atoms with Crippen LogP contribution in [0.5, 0.6) is 0 Å². The van der Waals surface area contributed by atoms with E-state index in [0.717, 1.165) is 31.0 Å². The molecule has 0 saturated carbocycles. The van der Waals surface area contributed by atoms with Crippen LogP contribution < -0.4 is 15.5 Å². The SMILES string of the molecule is CNC(=O)C(NC(=O)c1cc([N+](=O)[O-])ccc1N1CCCC1)c1ccc(F)c(F)c1. The Morgan fingerprint density at radius 3 is 2.40 bits per heavy atom. The van der Waals surface area contributed by atoms with Crippen LogP contribution in [0.4, 0.5) is 20.2 Å². The van der Waals surface area contributed by atoms with E-state index in [1.807, 2.05) is 4.90 Å². The number of halogens is 2. The number of likely N-dealkylation sites (N-methyl/N-ethyl adjacent to an activating group) is 1. The monoisotopic (exact) mass is 418 g/mol. The zero-order chi connectivity index (χ0) is 21.8. The fourth-order valence-electron chi connectivity index (χ4n) is 3.40. The lowest BCUT2D eigenvalue weighted by Crippen LogP contribution is -2.39. The molecule has 8 nitrogen and oxygen atoms in total. The van der Waals surface area contributed by atoms with Gasteiger partial charge in [-0.2, -0.15) is 0 Å². The summed E-state index contributed by atoms with van der Waals surface area (Å²) in [6.45, 7) is 1.39. The summed E-state index contributed by atoms with van der Waals surface area (Å²) < 4.78 is 27.0. The normalized spacial score (nSPS) is 14.3. The summed E-state index contributed by atoms with van der Waals surface area (Å²) >= 11 is 0. The van der Waals surface area contributed by atoms with Crippen LogP contribution in [-0.4, -0.2) is 36.9 Å². The number of anilines is 1. The van der Waals surface area contributed by atoms with E-state index in [0.29, 0.717) is 18.8 Å². The molecule has 1 heterocycles. The largest absolute Gasteiger partial charge is 0.371 e. The first-order chi connectivity index (χ1) is 14.3. The number of hydrogen-bond donors (Lipinski definition) is 2. The molecule has 1 atom stereocenters. The fraction of sp³-hybridized carbons (Fsp3) is 0.300. The average molecular weight is 418 g/mol. The Morgan fingerprint density at radius 2 is 1.80 bits per heavy atom. The van der Waals surface area contributed by atoms with Gasteiger partial charge in [0.2, 0.25) is 5.91 Å². The molecule has 0 radical (unpaired) electrons. The molecule has 1 unspecified atom stereocenters. The van der Waals surface area contributed by atoms with Gasteiger partial charge in [0.25, 0.3) is 11.6 Å². The van der Waals surface area contributed by atoms with Crippen molar-refractivity contribution in [3.63, 3.8) is 0 Å². The number of carbonyl (C=O) groups is 2. The Kier molecular flexibility index (Phi) is 6.24. The van der Waals surface area contributed by atoms with Crippen molar-refractivity contribution in [2.45, 2.75) is 18.9 Å². The van der Waals surface area contributed by atoms with Gasteiger partial charge in [-0.25, -0.2) is 8.78 Å². The highest BCUT2D eigenvalue weighted by atomic mass is 19.2. The number of rotatable bonds is 6. The molecule has 158 valence electrons. The van der Waals surface area contributed by atoms with Gasteiger partial charge in [0, 0.05) is 32.3 Å². The number of nitro benzene ring substituents is 1. The number of benzene rings is 2. The highest BCUT2D eigenvalue weighted by Crippen LogP contribution is 2.29. The number of nitrogens with one attached hydrogen (secondary N) is 2. The summed E-state index contributed by atoms with van der Waals surface area (Å²) in [6.07, 6.45) is 1.85. The predicted octanol–water partition coefficient (Wildman–Crippen LogP) is 2.69. The van der Waals surface area contributed by atoms with Gasteiger partial charge in [-0.1, -0.05) is 6.07 Å². The van der Waals surface area contributed by atoms with Gasteiger partial charge in [-0.05, 0) is 36.6 Å². The lowest BCUT2D eigenvalue weighted by molar-refractivity contribution is -0.384. The van der Waals surface area contributed by atoms with Crippen molar-refractivity contribution in [2.75, 3.05) is 25.0 Å². The highest BCUT2D eigenvalue weighted by Gasteiger charge is 2.27. The van der Waals surface area contributed by atoms with E-state index in [-0.39, 0.29) is 16.8 Å².